The van der Waals surface area contributed by atoms with Crippen molar-refractivity contribution in [1.29, 1.82) is 0 Å². The largest absolute Gasteiger partial charge is 0.497 e. The van der Waals surface area contributed by atoms with Crippen LogP contribution in [0.3, 0.4) is 0 Å². The van der Waals surface area contributed by atoms with E-state index in [2.05, 4.69) is 35.4 Å². The Labute approximate surface area is 184 Å². The number of anilines is 1. The number of quaternary nitrogens is 1. The molecule has 0 bridgehead atoms. The molecule has 1 aliphatic rings. The van der Waals surface area contributed by atoms with Gasteiger partial charge in [0.2, 0.25) is 5.78 Å². The first kappa shape index (κ1) is 21.2. The second-order valence-corrected chi connectivity index (χ2v) is 8.38. The van der Waals surface area contributed by atoms with Crippen molar-refractivity contribution in [3.8, 4) is 5.75 Å². The van der Waals surface area contributed by atoms with Gasteiger partial charge in [-0.2, -0.15) is 0 Å². The third-order valence-electron chi connectivity index (χ3n) is 6.56. The predicted molar refractivity (Wildman–Crippen MR) is 121 cm³/mol. The molecule has 2 aromatic heterocycles. The van der Waals surface area contributed by atoms with Gasteiger partial charge in [-0.3, -0.25) is 4.79 Å². The molecular formula is C25H32N3O3+. The number of benzene rings is 1. The van der Waals surface area contributed by atoms with Crippen LogP contribution >= 0.6 is 0 Å². The zero-order valence-electron chi connectivity index (χ0n) is 18.9. The number of furan rings is 1. The Kier molecular flexibility index (Phi) is 6.18. The van der Waals surface area contributed by atoms with Crippen molar-refractivity contribution in [3.63, 3.8) is 0 Å². The average Bonchev–Trinajstić information content (AvgIpc) is 3.42. The summed E-state index contributed by atoms with van der Waals surface area (Å²) in [6.45, 7) is 10.5. The highest BCUT2D eigenvalue weighted by Gasteiger charge is 2.31. The minimum Gasteiger partial charge on any atom is -0.497 e. The van der Waals surface area contributed by atoms with Crippen LogP contribution in [0, 0.1) is 13.8 Å². The highest BCUT2D eigenvalue weighted by Crippen LogP contribution is 2.21. The van der Waals surface area contributed by atoms with Gasteiger partial charge in [0.15, 0.2) is 0 Å². The predicted octanol–water partition coefficient (Wildman–Crippen LogP) is 2.73. The number of ether oxygens (including phenoxy) is 1. The molecule has 1 aliphatic heterocycles. The number of nitrogens with one attached hydrogen (secondary N) is 1. The summed E-state index contributed by atoms with van der Waals surface area (Å²) in [5, 5.41) is 0. The third-order valence-corrected chi connectivity index (χ3v) is 6.56. The van der Waals surface area contributed by atoms with E-state index < -0.39 is 0 Å². The summed E-state index contributed by atoms with van der Waals surface area (Å²) in [6, 6.07) is 14.0. The summed E-state index contributed by atoms with van der Waals surface area (Å²) < 4.78 is 13.0. The number of methoxy groups -OCH3 is 1. The second-order valence-electron chi connectivity index (χ2n) is 8.38. The fourth-order valence-corrected chi connectivity index (χ4v) is 4.56. The fraction of sp³-hybridized carbons (Fsp3) is 0.400. The normalized spacial score (nSPS) is 15.8. The maximum Gasteiger partial charge on any atom is 0.221 e. The van der Waals surface area contributed by atoms with E-state index in [1.54, 1.807) is 13.4 Å². The van der Waals surface area contributed by atoms with Crippen LogP contribution in [0.1, 0.15) is 34.4 Å². The number of piperazine rings is 1. The molecule has 0 spiro atoms. The Hall–Kier alpha value is -2.99. The fourth-order valence-electron chi connectivity index (χ4n) is 4.56. The lowest BCUT2D eigenvalue weighted by molar-refractivity contribution is -0.914. The first-order chi connectivity index (χ1) is 15.0. The van der Waals surface area contributed by atoms with E-state index in [9.17, 15) is 4.79 Å². The first-order valence-electron chi connectivity index (χ1n) is 10.9. The monoisotopic (exact) mass is 422 g/mol. The Morgan fingerprint density at radius 2 is 1.94 bits per heavy atom. The molecule has 1 aromatic carbocycles. The summed E-state index contributed by atoms with van der Waals surface area (Å²) in [5.74, 6) is 2.00. The number of carbonyl (C=O) groups is 1. The zero-order chi connectivity index (χ0) is 22.0. The molecule has 4 rings (SSSR count). The lowest BCUT2D eigenvalue weighted by Crippen LogP contribution is -3.18. The summed E-state index contributed by atoms with van der Waals surface area (Å²) >= 11 is 0. The van der Waals surface area contributed by atoms with E-state index in [0.29, 0.717) is 6.54 Å². The van der Waals surface area contributed by atoms with Gasteiger partial charge in [0, 0.05) is 28.7 Å². The molecular weight excluding hydrogens is 390 g/mol. The number of hydrogen-bond acceptors (Lipinski definition) is 4. The number of aromatic nitrogens is 1. The number of aryl methyl sites for hydroxylation is 1. The smallest absolute Gasteiger partial charge is 0.221 e. The quantitative estimate of drug-likeness (QED) is 0.595. The minimum atomic E-state index is -0.0648. The number of ketones is 1. The van der Waals surface area contributed by atoms with Crippen molar-refractivity contribution in [2.45, 2.75) is 33.4 Å². The topological polar surface area (TPSA) is 52.1 Å². The highest BCUT2D eigenvalue weighted by atomic mass is 16.5. The molecule has 0 radical (unpaired) electrons. The number of rotatable bonds is 7. The number of Topliss-reactive ketones (excluding diaryl/α,β-unsaturated/α-hetero) is 1. The molecule has 6 nitrogen and oxygen atoms in total. The van der Waals surface area contributed by atoms with Gasteiger partial charge in [-0.05, 0) is 51.1 Å². The van der Waals surface area contributed by atoms with Crippen LogP contribution in [0.2, 0.25) is 0 Å². The van der Waals surface area contributed by atoms with E-state index in [4.69, 9.17) is 9.15 Å². The third kappa shape index (κ3) is 4.39. The molecule has 1 N–H and O–H groups in total. The molecule has 6 heteroatoms. The van der Waals surface area contributed by atoms with Crippen LogP contribution in [-0.4, -0.2) is 49.7 Å². The lowest BCUT2D eigenvalue weighted by Gasteiger charge is -2.36. The number of nitrogens with zero attached hydrogens (tertiary/aromatic N) is 2. The van der Waals surface area contributed by atoms with Gasteiger partial charge in [-0.15, -0.1) is 0 Å². The minimum absolute atomic E-state index is 0.0648. The Morgan fingerprint density at radius 3 is 2.61 bits per heavy atom. The van der Waals surface area contributed by atoms with E-state index in [0.717, 1.165) is 54.6 Å². The van der Waals surface area contributed by atoms with Crippen molar-refractivity contribution in [2.24, 2.45) is 0 Å². The standard InChI is InChI=1S/C25H31N3O3/c1-18-15-24(19(2)28(18)17-23-9-6-14-31-23)25(29)20(3)26-10-12-27(13-11-26)21-7-5-8-22(16-21)30-4/h5-9,14-16,20H,10-13,17H2,1-4H3/p+1/t20-/m0/s1. The van der Waals surface area contributed by atoms with Crippen molar-refractivity contribution in [3.05, 3.63) is 71.4 Å². The zero-order valence-corrected chi connectivity index (χ0v) is 18.9. The molecule has 0 unspecified atom stereocenters. The molecule has 31 heavy (non-hydrogen) atoms. The van der Waals surface area contributed by atoms with Crippen LogP contribution in [0.5, 0.6) is 5.75 Å². The molecule has 0 aliphatic carbocycles. The van der Waals surface area contributed by atoms with Gasteiger partial charge in [0.25, 0.3) is 0 Å². The van der Waals surface area contributed by atoms with Gasteiger partial charge in [-0.25, -0.2) is 0 Å². The van der Waals surface area contributed by atoms with Crippen molar-refractivity contribution in [1.82, 2.24) is 4.57 Å². The highest BCUT2D eigenvalue weighted by molar-refractivity contribution is 6.00. The van der Waals surface area contributed by atoms with E-state index in [1.165, 1.54) is 10.6 Å². The molecule has 1 saturated heterocycles. The van der Waals surface area contributed by atoms with Crippen LogP contribution in [0.25, 0.3) is 0 Å². The van der Waals surface area contributed by atoms with Gasteiger partial charge in [0.1, 0.15) is 17.6 Å². The summed E-state index contributed by atoms with van der Waals surface area (Å²) in [7, 11) is 1.69. The van der Waals surface area contributed by atoms with Gasteiger partial charge < -0.3 is 23.5 Å². The van der Waals surface area contributed by atoms with Gasteiger partial charge >= 0.3 is 0 Å². The molecule has 0 saturated carbocycles. The molecule has 164 valence electrons. The maximum absolute atomic E-state index is 13.4. The molecule has 1 fully saturated rings. The maximum atomic E-state index is 13.4. The van der Waals surface area contributed by atoms with Gasteiger partial charge in [-0.1, -0.05) is 6.07 Å². The van der Waals surface area contributed by atoms with Crippen LogP contribution in [-0.2, 0) is 6.54 Å². The molecule has 3 heterocycles. The van der Waals surface area contributed by atoms with Crippen molar-refractivity contribution in [2.75, 3.05) is 38.2 Å². The van der Waals surface area contributed by atoms with E-state index >= 15 is 0 Å². The summed E-state index contributed by atoms with van der Waals surface area (Å²) in [5.41, 5.74) is 4.11. The Bertz CT molecular complexity index is 1030. The van der Waals surface area contributed by atoms with Crippen molar-refractivity contribution >= 4 is 11.5 Å². The lowest BCUT2D eigenvalue weighted by atomic mass is 10.0. The molecule has 0 amide bonds. The SMILES string of the molecule is COc1cccc(N2CC[NH+]([C@@H](C)C(=O)c3cc(C)n(Cc4ccco4)c3C)CC2)c1. The van der Waals surface area contributed by atoms with E-state index in [1.807, 2.05) is 37.3 Å². The van der Waals surface area contributed by atoms with Crippen LogP contribution < -0.4 is 14.5 Å². The van der Waals surface area contributed by atoms with E-state index in [-0.39, 0.29) is 11.8 Å². The summed E-state index contributed by atoms with van der Waals surface area (Å²) in [4.78, 5) is 17.1. The summed E-state index contributed by atoms with van der Waals surface area (Å²) in [6.07, 6.45) is 1.69. The average molecular weight is 423 g/mol. The second kappa shape index (κ2) is 9.02. The molecule has 1 atom stereocenters. The first-order valence-corrected chi connectivity index (χ1v) is 10.9. The molecule has 3 aromatic rings. The van der Waals surface area contributed by atoms with Crippen LogP contribution in [0.15, 0.2) is 53.1 Å². The van der Waals surface area contributed by atoms with Crippen molar-refractivity contribution < 1.29 is 18.8 Å². The number of carbonyl (C=O) groups excluding carboxylic acids is 1. The van der Waals surface area contributed by atoms with Gasteiger partial charge in [0.05, 0.1) is 46.1 Å². The van der Waals surface area contributed by atoms with Crippen LogP contribution in [0.4, 0.5) is 5.69 Å². The Balaban J connectivity index is 1.42. The Morgan fingerprint density at radius 1 is 1.16 bits per heavy atom. The number of hydrogen-bond donors (Lipinski definition) is 1.